The van der Waals surface area contributed by atoms with E-state index in [9.17, 15) is 9.50 Å². The van der Waals surface area contributed by atoms with Crippen LogP contribution in [0.1, 0.15) is 0 Å². The van der Waals surface area contributed by atoms with Gasteiger partial charge >= 0.3 is 0 Å². The molecule has 1 aromatic heterocycles. The summed E-state index contributed by atoms with van der Waals surface area (Å²) in [4.78, 5) is 4.39. The van der Waals surface area contributed by atoms with E-state index in [-0.39, 0.29) is 11.6 Å². The van der Waals surface area contributed by atoms with Crippen molar-refractivity contribution in [3.63, 3.8) is 0 Å². The van der Waals surface area contributed by atoms with Gasteiger partial charge in [0.15, 0.2) is 0 Å². The van der Waals surface area contributed by atoms with Gasteiger partial charge in [0.2, 0.25) is 0 Å². The molecule has 0 spiro atoms. The van der Waals surface area contributed by atoms with E-state index in [1.807, 2.05) is 6.07 Å². The Balaban J connectivity index is 2.13. The molecule has 0 amide bonds. The molecule has 1 heterocycles. The van der Waals surface area contributed by atoms with Gasteiger partial charge < -0.3 is 10.4 Å². The number of nitrogens with zero attached hydrogens (tertiary/aromatic N) is 1. The summed E-state index contributed by atoms with van der Waals surface area (Å²) in [5, 5.41) is 12.9. The zero-order valence-electron chi connectivity index (χ0n) is 10.1. The summed E-state index contributed by atoms with van der Waals surface area (Å²) in [6.07, 6.45) is 0. The number of phenols is 1. The first kappa shape index (κ1) is 11.9. The van der Waals surface area contributed by atoms with Gasteiger partial charge in [0.05, 0.1) is 10.2 Å². The summed E-state index contributed by atoms with van der Waals surface area (Å²) in [5.74, 6) is -0.121. The molecule has 0 aliphatic rings. The lowest BCUT2D eigenvalue weighted by molar-refractivity contribution is 0.476. The fourth-order valence-corrected chi connectivity index (χ4v) is 2.90. The Labute approximate surface area is 113 Å². The molecule has 0 radical (unpaired) electrons. The van der Waals surface area contributed by atoms with Crippen LogP contribution >= 0.6 is 11.3 Å². The number of aromatic nitrogens is 1. The van der Waals surface area contributed by atoms with E-state index < -0.39 is 0 Å². The van der Waals surface area contributed by atoms with Gasteiger partial charge in [-0.1, -0.05) is 0 Å². The first-order valence-corrected chi connectivity index (χ1v) is 6.56. The van der Waals surface area contributed by atoms with Crippen molar-refractivity contribution < 1.29 is 9.50 Å². The maximum absolute atomic E-state index is 14.0. The van der Waals surface area contributed by atoms with Gasteiger partial charge in [-0.15, -0.1) is 11.3 Å². The highest BCUT2D eigenvalue weighted by Gasteiger charge is 2.11. The van der Waals surface area contributed by atoms with Gasteiger partial charge in [0, 0.05) is 18.3 Å². The minimum Gasteiger partial charge on any atom is -0.508 e. The van der Waals surface area contributed by atoms with Crippen molar-refractivity contribution >= 4 is 27.2 Å². The molecular formula is C14H11FN2OS. The summed E-state index contributed by atoms with van der Waals surface area (Å²) in [6.45, 7) is 0. The number of nitrogens with one attached hydrogen (secondary N) is 1. The Kier molecular flexibility index (Phi) is 2.83. The number of fused-ring (bicyclic) bond motifs is 1. The second-order valence-electron chi connectivity index (χ2n) is 4.12. The van der Waals surface area contributed by atoms with Crippen LogP contribution in [0.15, 0.2) is 36.4 Å². The van der Waals surface area contributed by atoms with E-state index in [1.165, 1.54) is 17.4 Å². The van der Waals surface area contributed by atoms with Crippen molar-refractivity contribution in [1.82, 2.24) is 4.98 Å². The number of hydrogen-bond acceptors (Lipinski definition) is 4. The molecule has 3 nitrogen and oxygen atoms in total. The number of benzene rings is 2. The Bertz CT molecular complexity index is 754. The van der Waals surface area contributed by atoms with Crippen LogP contribution in [0.5, 0.6) is 5.75 Å². The number of phenolic OH excluding ortho intramolecular Hbond substituents is 1. The van der Waals surface area contributed by atoms with Crippen LogP contribution in [0.4, 0.5) is 10.1 Å². The van der Waals surface area contributed by atoms with Crippen LogP contribution in [0.25, 0.3) is 20.8 Å². The second-order valence-corrected chi connectivity index (χ2v) is 5.15. The molecule has 5 heteroatoms. The third-order valence-electron chi connectivity index (χ3n) is 2.86. The van der Waals surface area contributed by atoms with Gasteiger partial charge in [0.25, 0.3) is 0 Å². The second kappa shape index (κ2) is 4.51. The average Bonchev–Trinajstić information content (AvgIpc) is 2.81. The fraction of sp³-hybridized carbons (Fsp3) is 0.0714. The lowest BCUT2D eigenvalue weighted by Crippen LogP contribution is -1.90. The zero-order chi connectivity index (χ0) is 13.4. The topological polar surface area (TPSA) is 45.2 Å². The number of halogens is 1. The summed E-state index contributed by atoms with van der Waals surface area (Å²) < 4.78 is 14.8. The van der Waals surface area contributed by atoms with Gasteiger partial charge in [-0.25, -0.2) is 9.37 Å². The molecule has 96 valence electrons. The van der Waals surface area contributed by atoms with Crippen molar-refractivity contribution in [2.75, 3.05) is 12.4 Å². The van der Waals surface area contributed by atoms with Gasteiger partial charge in [-0.05, 0) is 36.4 Å². The number of hydrogen-bond donors (Lipinski definition) is 2. The van der Waals surface area contributed by atoms with Crippen LogP contribution in [0.2, 0.25) is 0 Å². The van der Waals surface area contributed by atoms with Crippen molar-refractivity contribution in [2.45, 2.75) is 0 Å². The fourth-order valence-electron chi connectivity index (χ4n) is 1.87. The van der Waals surface area contributed by atoms with Crippen LogP contribution < -0.4 is 5.32 Å². The Hall–Kier alpha value is -2.14. The Morgan fingerprint density at radius 1 is 1.21 bits per heavy atom. The molecule has 0 aliphatic heterocycles. The Morgan fingerprint density at radius 2 is 2.05 bits per heavy atom. The molecule has 0 unspecified atom stereocenters. The largest absolute Gasteiger partial charge is 0.508 e. The van der Waals surface area contributed by atoms with Crippen LogP contribution in [0.3, 0.4) is 0 Å². The van der Waals surface area contributed by atoms with Crippen molar-refractivity contribution in [1.29, 1.82) is 0 Å². The molecule has 0 fully saturated rings. The van der Waals surface area contributed by atoms with Crippen LogP contribution in [-0.4, -0.2) is 17.1 Å². The number of rotatable bonds is 2. The van der Waals surface area contributed by atoms with E-state index in [1.54, 1.807) is 31.3 Å². The first-order valence-electron chi connectivity index (χ1n) is 5.74. The number of aromatic hydroxyl groups is 1. The molecule has 3 rings (SSSR count). The summed E-state index contributed by atoms with van der Waals surface area (Å²) in [6, 6.07) is 9.90. The summed E-state index contributed by atoms with van der Waals surface area (Å²) in [7, 11) is 1.74. The van der Waals surface area contributed by atoms with E-state index in [2.05, 4.69) is 10.3 Å². The van der Waals surface area contributed by atoms with Crippen LogP contribution in [0, 0.1) is 5.82 Å². The minimum absolute atomic E-state index is 0.189. The SMILES string of the molecule is CNc1ccc(-c2nc3ccc(O)cc3s2)c([18F])c1. The van der Waals surface area contributed by atoms with E-state index in [0.717, 1.165) is 15.9 Å². The highest BCUT2D eigenvalue weighted by Crippen LogP contribution is 2.33. The molecule has 19 heavy (non-hydrogen) atoms. The Morgan fingerprint density at radius 3 is 2.79 bits per heavy atom. The highest BCUT2D eigenvalue weighted by molar-refractivity contribution is 7.21. The number of anilines is 1. The third kappa shape index (κ3) is 2.13. The van der Waals surface area contributed by atoms with Crippen molar-refractivity contribution in [2.24, 2.45) is 0 Å². The van der Waals surface area contributed by atoms with Gasteiger partial charge in [-0.2, -0.15) is 0 Å². The monoisotopic (exact) mass is 273 g/mol. The smallest absolute Gasteiger partial charge is 0.135 e. The molecule has 0 saturated heterocycles. The average molecular weight is 273 g/mol. The number of thiazole rings is 1. The quantitative estimate of drug-likeness (QED) is 0.745. The maximum Gasteiger partial charge on any atom is 0.135 e. The third-order valence-corrected chi connectivity index (χ3v) is 3.91. The van der Waals surface area contributed by atoms with Gasteiger partial charge in [0.1, 0.15) is 16.6 Å². The molecule has 0 bridgehead atoms. The summed E-state index contributed by atoms with van der Waals surface area (Å²) >= 11 is 1.36. The van der Waals surface area contributed by atoms with E-state index in [4.69, 9.17) is 0 Å². The molecule has 2 N–H and O–H groups in total. The molecule has 0 atom stereocenters. The molecule has 0 saturated carbocycles. The predicted octanol–water partition coefficient (Wildman–Crippen LogP) is 3.85. The molecule has 2 aromatic carbocycles. The highest BCUT2D eigenvalue weighted by atomic mass is 32.1. The predicted molar refractivity (Wildman–Crippen MR) is 76.2 cm³/mol. The summed E-state index contributed by atoms with van der Waals surface area (Å²) in [5.41, 5.74) is 1.95. The normalized spacial score (nSPS) is 10.8. The van der Waals surface area contributed by atoms with Crippen molar-refractivity contribution in [3.8, 4) is 16.3 Å². The van der Waals surface area contributed by atoms with E-state index >= 15 is 0 Å². The minimum atomic E-state index is -0.310. The molecule has 0 aliphatic carbocycles. The lowest BCUT2D eigenvalue weighted by atomic mass is 10.2. The van der Waals surface area contributed by atoms with E-state index in [0.29, 0.717) is 10.6 Å². The maximum atomic E-state index is 14.0. The van der Waals surface area contributed by atoms with Crippen molar-refractivity contribution in [3.05, 3.63) is 42.2 Å². The molecule has 3 aromatic rings. The lowest BCUT2D eigenvalue weighted by Gasteiger charge is -2.02. The van der Waals surface area contributed by atoms with Crippen LogP contribution in [-0.2, 0) is 0 Å². The zero-order valence-corrected chi connectivity index (χ0v) is 11.0. The first-order chi connectivity index (χ1) is 9.17. The van der Waals surface area contributed by atoms with Gasteiger partial charge in [-0.3, -0.25) is 0 Å². The molecular weight excluding hydrogens is 262 g/mol. The standard InChI is InChI=1S/C14H11FN2OS/c1-16-8-2-4-10(11(15)6-8)14-17-12-5-3-9(18)7-13(12)19-14/h2-7,16,18H,1H3/i15-1.